The summed E-state index contributed by atoms with van der Waals surface area (Å²) in [4.78, 5) is 11.0. The average molecular weight is 882 g/mol. The fraction of sp³-hybridized carbons (Fsp3) is 0.0159. The van der Waals surface area contributed by atoms with E-state index in [9.17, 15) is 0 Å². The van der Waals surface area contributed by atoms with Crippen molar-refractivity contribution in [2.24, 2.45) is 9.98 Å². The van der Waals surface area contributed by atoms with Crippen molar-refractivity contribution in [2.75, 3.05) is 0 Å². The minimum atomic E-state index is -0.454. The van der Waals surface area contributed by atoms with Crippen molar-refractivity contribution in [3.8, 4) is 11.4 Å². The lowest BCUT2D eigenvalue weighted by molar-refractivity contribution is 0.669. The first-order chi connectivity index (χ1) is 34.2. The van der Waals surface area contributed by atoms with Crippen LogP contribution >= 0.6 is 0 Å². The summed E-state index contributed by atoms with van der Waals surface area (Å²) in [5.41, 5.74) is 11.4. The van der Waals surface area contributed by atoms with Gasteiger partial charge in [-0.1, -0.05) is 164 Å². The second kappa shape index (κ2) is 14.6. The van der Waals surface area contributed by atoms with Crippen molar-refractivity contribution in [2.45, 2.75) is 6.17 Å². The van der Waals surface area contributed by atoms with Gasteiger partial charge in [-0.05, 0) is 87.6 Å². The van der Waals surface area contributed by atoms with Crippen LogP contribution in [0.2, 0.25) is 0 Å². The van der Waals surface area contributed by atoms with E-state index >= 15 is 0 Å². The molecule has 6 heteroatoms. The van der Waals surface area contributed by atoms with Gasteiger partial charge in [-0.15, -0.1) is 0 Å². The van der Waals surface area contributed by atoms with E-state index in [1.165, 1.54) is 48.7 Å². The van der Waals surface area contributed by atoms with Gasteiger partial charge in [0.1, 0.15) is 23.2 Å². The van der Waals surface area contributed by atoms with E-state index in [1.807, 2.05) is 6.07 Å². The number of rotatable bonds is 5. The van der Waals surface area contributed by atoms with Crippen LogP contribution in [0.3, 0.4) is 0 Å². The van der Waals surface area contributed by atoms with Gasteiger partial charge < -0.3 is 18.9 Å². The summed E-state index contributed by atoms with van der Waals surface area (Å²) >= 11 is 0. The summed E-state index contributed by atoms with van der Waals surface area (Å²) in [6, 6.07) is 80.3. The van der Waals surface area contributed by atoms with E-state index in [1.54, 1.807) is 0 Å². The second-order valence-corrected chi connectivity index (χ2v) is 18.1. The molecule has 1 atom stereocenters. The Morgan fingerprint density at radius 3 is 1.96 bits per heavy atom. The fourth-order valence-corrected chi connectivity index (χ4v) is 11.3. The van der Waals surface area contributed by atoms with Crippen LogP contribution in [0.1, 0.15) is 22.9 Å². The molecule has 0 fully saturated rings. The van der Waals surface area contributed by atoms with E-state index in [0.717, 1.165) is 83.0 Å². The maximum atomic E-state index is 6.81. The van der Waals surface area contributed by atoms with Crippen LogP contribution < -0.4 is 5.32 Å². The van der Waals surface area contributed by atoms with Crippen LogP contribution in [0.4, 0.5) is 0 Å². The molecular formula is C63H39N5O. The van der Waals surface area contributed by atoms with Crippen molar-refractivity contribution in [3.05, 3.63) is 241 Å². The number of furan rings is 1. The van der Waals surface area contributed by atoms with Crippen LogP contribution in [0.15, 0.2) is 239 Å². The number of nitrogens with one attached hydrogen (secondary N) is 1. The van der Waals surface area contributed by atoms with Gasteiger partial charge in [0.15, 0.2) is 5.84 Å². The largest absolute Gasteiger partial charge is 0.456 e. The molecule has 4 heterocycles. The molecule has 1 aliphatic heterocycles. The third-order valence-corrected chi connectivity index (χ3v) is 14.3. The molecule has 0 saturated heterocycles. The number of benzene rings is 11. The van der Waals surface area contributed by atoms with Gasteiger partial charge in [0, 0.05) is 65.8 Å². The molecular weight excluding hydrogens is 843 g/mol. The first-order valence-electron chi connectivity index (χ1n) is 23.5. The van der Waals surface area contributed by atoms with E-state index in [4.69, 9.17) is 14.4 Å². The number of hydrogen-bond donors (Lipinski definition) is 1. The Balaban J connectivity index is 0.981. The molecule has 6 nitrogen and oxygen atoms in total. The Bertz CT molecular complexity index is 4520. The molecule has 0 spiro atoms. The van der Waals surface area contributed by atoms with Crippen molar-refractivity contribution >= 4 is 110 Å². The molecule has 0 radical (unpaired) electrons. The molecule has 0 saturated carbocycles. The molecule has 15 rings (SSSR count). The molecule has 69 heavy (non-hydrogen) atoms. The number of nitrogens with zero attached hydrogens (tertiary/aromatic N) is 4. The van der Waals surface area contributed by atoms with Gasteiger partial charge in [0.05, 0.1) is 22.1 Å². The summed E-state index contributed by atoms with van der Waals surface area (Å²) in [6.07, 6.45) is -0.454. The molecule has 1 unspecified atom stereocenters. The minimum absolute atomic E-state index is 0.454. The van der Waals surface area contributed by atoms with Crippen molar-refractivity contribution in [1.29, 1.82) is 0 Å². The molecule has 0 aliphatic carbocycles. The van der Waals surface area contributed by atoms with Gasteiger partial charge >= 0.3 is 0 Å². The number of aliphatic imine (C=N–C) groups is 2. The first kappa shape index (κ1) is 37.9. The highest BCUT2D eigenvalue weighted by atomic mass is 16.3. The first-order valence-corrected chi connectivity index (χ1v) is 23.5. The number of fused-ring (bicyclic) bond motifs is 14. The van der Waals surface area contributed by atoms with Crippen LogP contribution in [-0.2, 0) is 0 Å². The zero-order valence-electron chi connectivity index (χ0n) is 37.1. The quantitative estimate of drug-likeness (QED) is 0.187. The van der Waals surface area contributed by atoms with Gasteiger partial charge in [-0.3, -0.25) is 0 Å². The lowest BCUT2D eigenvalue weighted by atomic mass is 9.99. The summed E-state index contributed by atoms with van der Waals surface area (Å²) in [5, 5.41) is 17.7. The number of aromatic nitrogens is 2. The standard InChI is InChI=1S/C63H39N5O/c1-3-16-40(17-4-1)61-64-62(48-24-13-27-53-57(48)47-23-11-12-26-52(47)67(53)43-20-5-2-6-21-43)66-63(65-61)49-25-14-28-55-58(49)59-50-37-44(32-29-39(50)31-34-56(59)69-55)68-54-36-42-19-8-7-18-41(42)35-51(54)46-33-30-38-15-9-10-22-45(38)60(46)68/h1-37,62H,(H,64,65,66). The van der Waals surface area contributed by atoms with E-state index in [0.29, 0.717) is 5.84 Å². The van der Waals surface area contributed by atoms with Crippen LogP contribution in [-0.4, -0.2) is 20.8 Å². The van der Waals surface area contributed by atoms with Gasteiger partial charge in [0.2, 0.25) is 0 Å². The van der Waals surface area contributed by atoms with Gasteiger partial charge in [-0.25, -0.2) is 9.98 Å². The Morgan fingerprint density at radius 1 is 0.406 bits per heavy atom. The molecule has 0 bridgehead atoms. The highest BCUT2D eigenvalue weighted by molar-refractivity contribution is 6.27. The molecule has 11 aromatic carbocycles. The van der Waals surface area contributed by atoms with Crippen LogP contribution in [0.25, 0.3) is 109 Å². The third kappa shape index (κ3) is 5.66. The number of para-hydroxylation sites is 2. The maximum Gasteiger partial charge on any atom is 0.160 e. The van der Waals surface area contributed by atoms with Crippen molar-refractivity contribution in [1.82, 2.24) is 14.5 Å². The lowest BCUT2D eigenvalue weighted by Gasteiger charge is -2.24. The Hall–Kier alpha value is -9.26. The lowest BCUT2D eigenvalue weighted by Crippen LogP contribution is -2.33. The monoisotopic (exact) mass is 881 g/mol. The van der Waals surface area contributed by atoms with Crippen LogP contribution in [0.5, 0.6) is 0 Å². The smallest absolute Gasteiger partial charge is 0.160 e. The zero-order chi connectivity index (χ0) is 45.2. The molecule has 322 valence electrons. The van der Waals surface area contributed by atoms with E-state index in [-0.39, 0.29) is 0 Å². The van der Waals surface area contributed by atoms with Crippen molar-refractivity contribution in [3.63, 3.8) is 0 Å². The van der Waals surface area contributed by atoms with Crippen LogP contribution in [0, 0.1) is 0 Å². The second-order valence-electron chi connectivity index (χ2n) is 18.1. The topological polar surface area (TPSA) is 59.8 Å². The Labute approximate surface area is 395 Å². The average Bonchev–Trinajstić information content (AvgIpc) is 4.08. The molecule has 1 aliphatic rings. The van der Waals surface area contributed by atoms with E-state index < -0.39 is 6.17 Å². The maximum absolute atomic E-state index is 6.81. The molecule has 3 aromatic heterocycles. The van der Waals surface area contributed by atoms with E-state index in [2.05, 4.69) is 233 Å². The molecule has 0 amide bonds. The summed E-state index contributed by atoms with van der Waals surface area (Å²) in [7, 11) is 0. The van der Waals surface area contributed by atoms with Gasteiger partial charge in [0.25, 0.3) is 0 Å². The predicted molar refractivity (Wildman–Crippen MR) is 287 cm³/mol. The minimum Gasteiger partial charge on any atom is -0.456 e. The highest BCUT2D eigenvalue weighted by Gasteiger charge is 2.27. The summed E-state index contributed by atoms with van der Waals surface area (Å²) in [5.74, 6) is 1.40. The normalized spacial score (nSPS) is 14.2. The molecule has 1 N–H and O–H groups in total. The Morgan fingerprint density at radius 2 is 1.09 bits per heavy atom. The highest BCUT2D eigenvalue weighted by Crippen LogP contribution is 2.43. The van der Waals surface area contributed by atoms with Gasteiger partial charge in [-0.2, -0.15) is 0 Å². The fourth-order valence-electron chi connectivity index (χ4n) is 11.3. The SMILES string of the molecule is c1ccc(C2=NC(c3cccc4oc5ccc6ccc(-n7c8cc9ccccc9cc8c8ccc9ccccc9c87)cc6c5c34)=NC(c3cccc4c3c3ccccc3n4-c3ccccc3)N2)cc1. The zero-order valence-corrected chi connectivity index (χ0v) is 37.1. The predicted octanol–water partition coefficient (Wildman–Crippen LogP) is 15.7. The third-order valence-electron chi connectivity index (χ3n) is 14.3. The summed E-state index contributed by atoms with van der Waals surface area (Å²) < 4.78 is 11.6. The number of amidine groups is 2. The Kier molecular flexibility index (Phi) is 8.03. The molecule has 14 aromatic rings. The number of hydrogen-bond acceptors (Lipinski definition) is 4. The van der Waals surface area contributed by atoms with Crippen molar-refractivity contribution < 1.29 is 4.42 Å². The summed E-state index contributed by atoms with van der Waals surface area (Å²) in [6.45, 7) is 0.